The van der Waals surface area contributed by atoms with Crippen molar-refractivity contribution in [3.63, 3.8) is 0 Å². The number of nitrogens with zero attached hydrogens (tertiary/aromatic N) is 3. The third-order valence-corrected chi connectivity index (χ3v) is 5.34. The van der Waals surface area contributed by atoms with Crippen molar-refractivity contribution in [2.75, 3.05) is 19.6 Å². The van der Waals surface area contributed by atoms with Gasteiger partial charge in [0.25, 0.3) is 5.91 Å². The highest BCUT2D eigenvalue weighted by Gasteiger charge is 2.25. The first-order valence-electron chi connectivity index (χ1n) is 9.68. The van der Waals surface area contributed by atoms with E-state index in [-0.39, 0.29) is 23.6 Å². The highest BCUT2D eigenvalue weighted by atomic mass is 16.2. The number of pyridine rings is 1. The van der Waals surface area contributed by atoms with Crippen LogP contribution in [0.25, 0.3) is 5.65 Å². The maximum absolute atomic E-state index is 12.6. The van der Waals surface area contributed by atoms with E-state index in [1.54, 1.807) is 9.30 Å². The van der Waals surface area contributed by atoms with Gasteiger partial charge in [-0.3, -0.25) is 18.8 Å². The van der Waals surface area contributed by atoms with E-state index in [0.29, 0.717) is 56.7 Å². The molecular formula is C20H27N5O3. The lowest BCUT2D eigenvalue weighted by Crippen LogP contribution is -2.41. The predicted molar refractivity (Wildman–Crippen MR) is 105 cm³/mol. The molecule has 1 aliphatic rings. The van der Waals surface area contributed by atoms with Crippen LogP contribution in [0.4, 0.5) is 0 Å². The van der Waals surface area contributed by atoms with Crippen molar-refractivity contribution in [2.24, 2.45) is 11.7 Å². The summed E-state index contributed by atoms with van der Waals surface area (Å²) in [4.78, 5) is 42.3. The fraction of sp³-hybridized carbons (Fsp3) is 0.500. The first kappa shape index (κ1) is 19.9. The van der Waals surface area contributed by atoms with Gasteiger partial charge in [-0.1, -0.05) is 6.07 Å². The van der Waals surface area contributed by atoms with E-state index in [1.165, 1.54) is 0 Å². The zero-order valence-electron chi connectivity index (χ0n) is 16.4. The number of nitrogens with one attached hydrogen (secondary N) is 1. The Kier molecular flexibility index (Phi) is 5.96. The number of piperidine rings is 1. The number of carbonyl (C=O) groups excluding carboxylic acids is 3. The molecule has 1 aliphatic heterocycles. The van der Waals surface area contributed by atoms with Crippen molar-refractivity contribution in [2.45, 2.75) is 39.5 Å². The Balaban J connectivity index is 1.48. The van der Waals surface area contributed by atoms with Crippen LogP contribution in [0.5, 0.6) is 0 Å². The van der Waals surface area contributed by atoms with Gasteiger partial charge >= 0.3 is 0 Å². The Morgan fingerprint density at radius 1 is 1.25 bits per heavy atom. The number of aryl methyl sites for hydroxylation is 2. The van der Waals surface area contributed by atoms with Gasteiger partial charge in [0, 0.05) is 38.2 Å². The molecule has 0 aromatic carbocycles. The van der Waals surface area contributed by atoms with Crippen molar-refractivity contribution in [1.82, 2.24) is 19.6 Å². The van der Waals surface area contributed by atoms with Crippen molar-refractivity contribution < 1.29 is 14.4 Å². The van der Waals surface area contributed by atoms with Gasteiger partial charge in [0.15, 0.2) is 0 Å². The monoisotopic (exact) mass is 385 g/mol. The molecule has 0 spiro atoms. The van der Waals surface area contributed by atoms with E-state index in [1.807, 2.05) is 32.2 Å². The van der Waals surface area contributed by atoms with Crippen LogP contribution in [0.3, 0.4) is 0 Å². The fourth-order valence-corrected chi connectivity index (χ4v) is 3.69. The molecule has 8 nitrogen and oxygen atoms in total. The van der Waals surface area contributed by atoms with Gasteiger partial charge in [0.05, 0.1) is 5.69 Å². The second-order valence-corrected chi connectivity index (χ2v) is 7.35. The van der Waals surface area contributed by atoms with Gasteiger partial charge in [0.1, 0.15) is 11.3 Å². The van der Waals surface area contributed by atoms with E-state index >= 15 is 0 Å². The molecule has 0 saturated carbocycles. The molecule has 28 heavy (non-hydrogen) atoms. The van der Waals surface area contributed by atoms with E-state index in [2.05, 4.69) is 10.3 Å². The first-order chi connectivity index (χ1) is 13.4. The maximum atomic E-state index is 12.6. The van der Waals surface area contributed by atoms with E-state index in [0.717, 1.165) is 11.2 Å². The minimum Gasteiger partial charge on any atom is -0.369 e. The number of fused-ring (bicyclic) bond motifs is 1. The van der Waals surface area contributed by atoms with Crippen LogP contribution in [0, 0.1) is 19.8 Å². The van der Waals surface area contributed by atoms with Gasteiger partial charge in [-0.05, 0) is 44.7 Å². The van der Waals surface area contributed by atoms with Crippen LogP contribution < -0.4 is 11.1 Å². The number of rotatable bonds is 6. The number of nitrogens with two attached hydrogens (primary N) is 1. The molecule has 2 aromatic heterocycles. The smallest absolute Gasteiger partial charge is 0.270 e. The molecule has 1 fully saturated rings. The number of primary amides is 1. The van der Waals surface area contributed by atoms with Crippen LogP contribution in [-0.4, -0.2) is 51.6 Å². The zero-order chi connectivity index (χ0) is 20.3. The minimum absolute atomic E-state index is 0.0544. The van der Waals surface area contributed by atoms with E-state index in [4.69, 9.17) is 5.73 Å². The van der Waals surface area contributed by atoms with Crippen LogP contribution in [0.1, 0.15) is 47.4 Å². The number of carbonyl (C=O) groups is 3. The largest absolute Gasteiger partial charge is 0.369 e. The van der Waals surface area contributed by atoms with Crippen molar-refractivity contribution in [3.8, 4) is 0 Å². The van der Waals surface area contributed by atoms with Gasteiger partial charge in [-0.2, -0.15) is 0 Å². The molecule has 1 saturated heterocycles. The highest BCUT2D eigenvalue weighted by Crippen LogP contribution is 2.18. The summed E-state index contributed by atoms with van der Waals surface area (Å²) in [7, 11) is 0. The fourth-order valence-electron chi connectivity index (χ4n) is 3.69. The van der Waals surface area contributed by atoms with Crippen LogP contribution in [0.15, 0.2) is 18.3 Å². The quantitative estimate of drug-likeness (QED) is 0.728. The molecule has 0 bridgehead atoms. The standard InChI is InChI=1S/C20H27N5O3/c1-13-5-4-10-25-17(14(2)23-19(13)25)20(28)22-9-3-6-16(26)24-11-7-15(8-12-24)18(21)27/h4-5,10,15H,3,6-9,11-12H2,1-2H3,(H2,21,27)(H,22,28). The summed E-state index contributed by atoms with van der Waals surface area (Å²) < 4.78 is 1.80. The Morgan fingerprint density at radius 2 is 1.96 bits per heavy atom. The molecule has 150 valence electrons. The second kappa shape index (κ2) is 8.41. The summed E-state index contributed by atoms with van der Waals surface area (Å²) in [6.07, 6.45) is 4.02. The third-order valence-electron chi connectivity index (χ3n) is 5.34. The number of imidazole rings is 1. The van der Waals surface area contributed by atoms with Crippen molar-refractivity contribution in [1.29, 1.82) is 0 Å². The summed E-state index contributed by atoms with van der Waals surface area (Å²) in [5.41, 5.74) is 8.31. The normalized spacial score (nSPS) is 15.0. The topological polar surface area (TPSA) is 110 Å². The maximum Gasteiger partial charge on any atom is 0.270 e. The average molecular weight is 385 g/mol. The molecule has 0 atom stereocenters. The SMILES string of the molecule is Cc1nc2c(C)cccn2c1C(=O)NCCCC(=O)N1CCC(C(N)=O)CC1. The van der Waals surface area contributed by atoms with Crippen LogP contribution in [-0.2, 0) is 9.59 Å². The van der Waals surface area contributed by atoms with Gasteiger partial charge in [0.2, 0.25) is 11.8 Å². The number of hydrogen-bond donors (Lipinski definition) is 2. The lowest BCUT2D eigenvalue weighted by Gasteiger charge is -2.30. The molecule has 3 N–H and O–H groups in total. The Hall–Kier alpha value is -2.90. The molecular weight excluding hydrogens is 358 g/mol. The summed E-state index contributed by atoms with van der Waals surface area (Å²) in [6.45, 7) is 5.33. The molecule has 3 amide bonds. The molecule has 3 rings (SSSR count). The lowest BCUT2D eigenvalue weighted by atomic mass is 9.96. The Morgan fingerprint density at radius 3 is 2.64 bits per heavy atom. The molecule has 8 heteroatoms. The number of aromatic nitrogens is 2. The second-order valence-electron chi connectivity index (χ2n) is 7.35. The molecule has 0 radical (unpaired) electrons. The lowest BCUT2D eigenvalue weighted by molar-refractivity contribution is -0.134. The summed E-state index contributed by atoms with van der Waals surface area (Å²) in [5, 5.41) is 2.89. The number of amides is 3. The van der Waals surface area contributed by atoms with Gasteiger partial charge < -0.3 is 16.0 Å². The molecule has 3 heterocycles. The highest BCUT2D eigenvalue weighted by molar-refractivity contribution is 5.94. The predicted octanol–water partition coefficient (Wildman–Crippen LogP) is 1.19. The van der Waals surface area contributed by atoms with Crippen LogP contribution in [0.2, 0.25) is 0 Å². The summed E-state index contributed by atoms with van der Waals surface area (Å²) in [5.74, 6) is -0.544. The van der Waals surface area contributed by atoms with Crippen molar-refractivity contribution in [3.05, 3.63) is 35.3 Å². The minimum atomic E-state index is -0.285. The van der Waals surface area contributed by atoms with E-state index in [9.17, 15) is 14.4 Å². The van der Waals surface area contributed by atoms with Crippen molar-refractivity contribution >= 4 is 23.4 Å². The Bertz CT molecular complexity index is 897. The zero-order valence-corrected chi connectivity index (χ0v) is 16.4. The van der Waals surface area contributed by atoms with Gasteiger partial charge in [-0.25, -0.2) is 4.98 Å². The third kappa shape index (κ3) is 4.16. The average Bonchev–Trinajstić information content (AvgIpc) is 3.02. The van der Waals surface area contributed by atoms with Gasteiger partial charge in [-0.15, -0.1) is 0 Å². The van der Waals surface area contributed by atoms with E-state index < -0.39 is 0 Å². The molecule has 0 unspecified atom stereocenters. The number of hydrogen-bond acceptors (Lipinski definition) is 4. The summed E-state index contributed by atoms with van der Waals surface area (Å²) in [6, 6.07) is 3.85. The molecule has 2 aromatic rings. The number of likely N-dealkylation sites (tertiary alicyclic amines) is 1. The van der Waals surface area contributed by atoms with Crippen LogP contribution >= 0.6 is 0 Å². The molecule has 0 aliphatic carbocycles. The Labute approximate surface area is 164 Å². The summed E-state index contributed by atoms with van der Waals surface area (Å²) >= 11 is 0. The first-order valence-corrected chi connectivity index (χ1v) is 9.68.